The van der Waals surface area contributed by atoms with E-state index < -0.39 is 0 Å². The van der Waals surface area contributed by atoms with Gasteiger partial charge < -0.3 is 5.73 Å². The molecule has 0 spiro atoms. The van der Waals surface area contributed by atoms with Gasteiger partial charge >= 0.3 is 0 Å². The molecule has 1 atom stereocenters. The van der Waals surface area contributed by atoms with Gasteiger partial charge in [-0.2, -0.15) is 0 Å². The first-order valence-corrected chi connectivity index (χ1v) is 7.82. The van der Waals surface area contributed by atoms with E-state index in [1.165, 1.54) is 5.56 Å². The molecule has 0 saturated heterocycles. The van der Waals surface area contributed by atoms with Gasteiger partial charge in [0, 0.05) is 23.7 Å². The minimum atomic E-state index is 0.00493. The topological polar surface area (TPSA) is 51.8 Å². The molecule has 0 aliphatic carbocycles. The first-order valence-electron chi connectivity index (χ1n) is 6.84. The summed E-state index contributed by atoms with van der Waals surface area (Å²) in [5.74, 6) is 1.33. The zero-order chi connectivity index (χ0) is 14.5. The number of aromatic nitrogens is 2. The van der Waals surface area contributed by atoms with Crippen LogP contribution in [0.4, 0.5) is 0 Å². The highest BCUT2D eigenvalue weighted by Gasteiger charge is 2.09. The van der Waals surface area contributed by atoms with Crippen molar-refractivity contribution < 1.29 is 0 Å². The molecule has 3 nitrogen and oxygen atoms in total. The van der Waals surface area contributed by atoms with Gasteiger partial charge in [0.1, 0.15) is 0 Å². The number of aryl methyl sites for hydroxylation is 1. The lowest BCUT2D eigenvalue weighted by molar-refractivity contribution is 0.817. The number of nitrogens with two attached hydrogens (primary N) is 1. The van der Waals surface area contributed by atoms with Crippen LogP contribution in [0, 0.1) is 6.92 Å². The Kier molecular flexibility index (Phi) is 5.15. The molecule has 0 amide bonds. The monoisotopic (exact) mass is 287 g/mol. The molecular formula is C16H21N3S. The van der Waals surface area contributed by atoms with E-state index in [1.807, 2.05) is 13.0 Å². The summed E-state index contributed by atoms with van der Waals surface area (Å²) >= 11 is 1.60. The molecule has 0 radical (unpaired) electrons. The third-order valence-electron chi connectivity index (χ3n) is 3.20. The minimum absolute atomic E-state index is 0.00493. The van der Waals surface area contributed by atoms with Gasteiger partial charge in [-0.25, -0.2) is 9.97 Å². The van der Waals surface area contributed by atoms with Gasteiger partial charge in [-0.05, 0) is 30.0 Å². The second-order valence-electron chi connectivity index (χ2n) is 5.22. The molecule has 1 heterocycles. The van der Waals surface area contributed by atoms with Crippen LogP contribution in [-0.2, 0) is 0 Å². The Bertz CT molecular complexity index is 552. The van der Waals surface area contributed by atoms with E-state index >= 15 is 0 Å². The van der Waals surface area contributed by atoms with Crippen molar-refractivity contribution in [2.75, 3.05) is 5.75 Å². The van der Waals surface area contributed by atoms with Gasteiger partial charge in [-0.15, -0.1) is 0 Å². The zero-order valence-electron chi connectivity index (χ0n) is 12.2. The maximum atomic E-state index is 6.23. The molecule has 2 N–H and O–H groups in total. The quantitative estimate of drug-likeness (QED) is 0.673. The van der Waals surface area contributed by atoms with Crippen LogP contribution in [0.25, 0.3) is 0 Å². The average molecular weight is 287 g/mol. The molecule has 0 aliphatic heterocycles. The maximum absolute atomic E-state index is 6.23. The van der Waals surface area contributed by atoms with Crippen LogP contribution < -0.4 is 5.73 Å². The van der Waals surface area contributed by atoms with Crippen molar-refractivity contribution in [2.45, 2.75) is 37.9 Å². The number of benzene rings is 1. The fraction of sp³-hybridized carbons (Fsp3) is 0.375. The highest BCUT2D eigenvalue weighted by molar-refractivity contribution is 7.99. The lowest BCUT2D eigenvalue weighted by Gasteiger charge is -2.13. The summed E-state index contributed by atoms with van der Waals surface area (Å²) in [6, 6.07) is 10.5. The van der Waals surface area contributed by atoms with Gasteiger partial charge in [0.05, 0.1) is 0 Å². The Morgan fingerprint density at radius 3 is 2.35 bits per heavy atom. The summed E-state index contributed by atoms with van der Waals surface area (Å²) in [5, 5.41) is 0.791. The standard InChI is InChI=1S/C16H21N3S/c1-11(2)13-4-6-14(7-5-13)15(17)10-20-16-18-9-8-12(3)19-16/h4-9,11,15H,10,17H2,1-3H3. The summed E-state index contributed by atoms with van der Waals surface area (Å²) in [6.45, 7) is 6.36. The van der Waals surface area contributed by atoms with E-state index in [4.69, 9.17) is 5.73 Å². The predicted molar refractivity (Wildman–Crippen MR) is 85.0 cm³/mol. The molecule has 106 valence electrons. The van der Waals surface area contributed by atoms with E-state index in [2.05, 4.69) is 48.1 Å². The first-order chi connectivity index (χ1) is 9.56. The van der Waals surface area contributed by atoms with E-state index in [9.17, 15) is 0 Å². The van der Waals surface area contributed by atoms with Crippen LogP contribution in [0.3, 0.4) is 0 Å². The number of nitrogens with zero attached hydrogens (tertiary/aromatic N) is 2. The zero-order valence-corrected chi connectivity index (χ0v) is 13.0. The number of rotatable bonds is 5. The van der Waals surface area contributed by atoms with E-state index in [-0.39, 0.29) is 6.04 Å². The van der Waals surface area contributed by atoms with Crippen molar-refractivity contribution in [3.05, 3.63) is 53.3 Å². The minimum Gasteiger partial charge on any atom is -0.323 e. The van der Waals surface area contributed by atoms with E-state index in [0.717, 1.165) is 22.2 Å². The fourth-order valence-corrected chi connectivity index (χ4v) is 2.75. The normalized spacial score (nSPS) is 12.7. The molecule has 0 saturated carbocycles. The van der Waals surface area contributed by atoms with Crippen molar-refractivity contribution in [1.29, 1.82) is 0 Å². The van der Waals surface area contributed by atoms with Crippen LogP contribution in [0.1, 0.15) is 42.6 Å². The Morgan fingerprint density at radius 1 is 1.10 bits per heavy atom. The van der Waals surface area contributed by atoms with Gasteiger partial charge in [0.2, 0.25) is 0 Å². The van der Waals surface area contributed by atoms with Crippen LogP contribution in [0.15, 0.2) is 41.7 Å². The van der Waals surface area contributed by atoms with Gasteiger partial charge in [0.15, 0.2) is 5.16 Å². The van der Waals surface area contributed by atoms with Crippen molar-refractivity contribution in [1.82, 2.24) is 9.97 Å². The molecule has 0 bridgehead atoms. The van der Waals surface area contributed by atoms with Crippen molar-refractivity contribution in [3.63, 3.8) is 0 Å². The molecule has 1 aromatic carbocycles. The summed E-state index contributed by atoms with van der Waals surface area (Å²) in [6.07, 6.45) is 1.79. The van der Waals surface area contributed by atoms with Crippen LogP contribution >= 0.6 is 11.8 Å². The highest BCUT2D eigenvalue weighted by atomic mass is 32.2. The molecule has 2 rings (SSSR count). The molecular weight excluding hydrogens is 266 g/mol. The Morgan fingerprint density at radius 2 is 1.75 bits per heavy atom. The lowest BCUT2D eigenvalue weighted by atomic mass is 10.00. The molecule has 20 heavy (non-hydrogen) atoms. The maximum Gasteiger partial charge on any atom is 0.187 e. The summed E-state index contributed by atoms with van der Waals surface area (Å²) in [7, 11) is 0. The van der Waals surface area contributed by atoms with Crippen molar-refractivity contribution in [3.8, 4) is 0 Å². The highest BCUT2D eigenvalue weighted by Crippen LogP contribution is 2.22. The van der Waals surface area contributed by atoms with Gasteiger partial charge in [0.25, 0.3) is 0 Å². The Labute approximate surface area is 125 Å². The Hall–Kier alpha value is -1.39. The third-order valence-corrected chi connectivity index (χ3v) is 4.18. The van der Waals surface area contributed by atoms with Crippen molar-refractivity contribution in [2.24, 2.45) is 5.73 Å². The molecule has 4 heteroatoms. The second kappa shape index (κ2) is 6.86. The summed E-state index contributed by atoms with van der Waals surface area (Å²) in [4.78, 5) is 8.61. The number of hydrogen-bond acceptors (Lipinski definition) is 4. The smallest absolute Gasteiger partial charge is 0.187 e. The average Bonchev–Trinajstić information content (AvgIpc) is 2.45. The SMILES string of the molecule is Cc1ccnc(SCC(N)c2ccc(C(C)C)cc2)n1. The molecule has 1 aromatic heterocycles. The first kappa shape index (κ1) is 15.0. The van der Waals surface area contributed by atoms with E-state index in [0.29, 0.717) is 5.92 Å². The van der Waals surface area contributed by atoms with Crippen LogP contribution in [-0.4, -0.2) is 15.7 Å². The molecule has 0 fully saturated rings. The largest absolute Gasteiger partial charge is 0.323 e. The molecule has 0 aliphatic rings. The molecule has 1 unspecified atom stereocenters. The van der Waals surface area contributed by atoms with Gasteiger partial charge in [-0.1, -0.05) is 49.9 Å². The summed E-state index contributed by atoms with van der Waals surface area (Å²) in [5.41, 5.74) is 9.72. The Balaban J connectivity index is 1.96. The fourth-order valence-electron chi connectivity index (χ4n) is 1.88. The number of thioether (sulfide) groups is 1. The van der Waals surface area contributed by atoms with Gasteiger partial charge in [-0.3, -0.25) is 0 Å². The lowest BCUT2D eigenvalue weighted by Crippen LogP contribution is -2.13. The van der Waals surface area contributed by atoms with Crippen LogP contribution in [0.5, 0.6) is 0 Å². The molecule has 2 aromatic rings. The second-order valence-corrected chi connectivity index (χ2v) is 6.21. The van der Waals surface area contributed by atoms with Crippen molar-refractivity contribution >= 4 is 11.8 Å². The predicted octanol–water partition coefficient (Wildman–Crippen LogP) is 3.70. The van der Waals surface area contributed by atoms with E-state index in [1.54, 1.807) is 18.0 Å². The summed E-state index contributed by atoms with van der Waals surface area (Å²) < 4.78 is 0. The number of hydrogen-bond donors (Lipinski definition) is 1. The third kappa shape index (κ3) is 4.05. The van der Waals surface area contributed by atoms with Crippen LogP contribution in [0.2, 0.25) is 0 Å².